The molecule has 332 valence electrons. The Balaban J connectivity index is 3.96. The van der Waals surface area contributed by atoms with E-state index >= 15 is 0 Å². The number of hydrogen-bond acceptors (Lipinski definition) is 7. The largest absolute Gasteiger partial charge is 0.472 e. The Bertz CT molecular complexity index is 1070. The number of carbonyl (C=O) groups is 2. The summed E-state index contributed by atoms with van der Waals surface area (Å²) in [6.45, 7) is 3.85. The Kier molecular flexibility index (Phi) is 42.1. The Morgan fingerprint density at radius 1 is 0.491 bits per heavy atom. The van der Waals surface area contributed by atoms with Crippen LogP contribution in [0.15, 0.2) is 48.6 Å². The molecular formula is C48H87O8P. The Morgan fingerprint density at radius 3 is 1.23 bits per heavy atom. The van der Waals surface area contributed by atoms with E-state index in [4.69, 9.17) is 14.0 Å². The van der Waals surface area contributed by atoms with Crippen LogP contribution >= 0.6 is 7.82 Å². The SMILES string of the molecule is CCCCC/C=C\C/C=C\CCCCCCCCCCCC(=O)OCC(COP(=O)(O)OC)OC(=O)CCCCCCCCCCC/C=C\C/C=C\CCCCC. The molecular weight excluding hydrogens is 735 g/mol. The second kappa shape index (κ2) is 43.6. The fourth-order valence-electron chi connectivity index (χ4n) is 6.42. The number of hydrogen-bond donors (Lipinski definition) is 1. The van der Waals surface area contributed by atoms with Crippen molar-refractivity contribution in [1.82, 2.24) is 0 Å². The van der Waals surface area contributed by atoms with Crippen molar-refractivity contribution >= 4 is 19.8 Å². The zero-order valence-electron chi connectivity index (χ0n) is 37.0. The summed E-state index contributed by atoms with van der Waals surface area (Å²) in [5, 5.41) is 0. The highest BCUT2D eigenvalue weighted by molar-refractivity contribution is 7.47. The second-order valence-electron chi connectivity index (χ2n) is 15.5. The third-order valence-electron chi connectivity index (χ3n) is 10.0. The third kappa shape index (κ3) is 43.4. The molecule has 0 aliphatic heterocycles. The molecule has 0 bridgehead atoms. The molecule has 57 heavy (non-hydrogen) atoms. The van der Waals surface area contributed by atoms with E-state index in [1.807, 2.05) is 0 Å². The van der Waals surface area contributed by atoms with Gasteiger partial charge in [-0.1, -0.05) is 178 Å². The number of unbranched alkanes of at least 4 members (excludes halogenated alkanes) is 24. The first-order chi connectivity index (χ1) is 27.8. The van der Waals surface area contributed by atoms with Crippen molar-refractivity contribution in [2.45, 2.75) is 225 Å². The molecule has 0 rings (SSSR count). The predicted octanol–water partition coefficient (Wildman–Crippen LogP) is 15.0. The van der Waals surface area contributed by atoms with Crippen LogP contribution < -0.4 is 0 Å². The van der Waals surface area contributed by atoms with E-state index in [1.54, 1.807) is 0 Å². The summed E-state index contributed by atoms with van der Waals surface area (Å²) in [7, 11) is -3.20. The molecule has 0 spiro atoms. The maximum Gasteiger partial charge on any atom is 0.472 e. The first-order valence-corrected chi connectivity index (χ1v) is 24.8. The molecule has 0 radical (unpaired) electrons. The van der Waals surface area contributed by atoms with E-state index < -0.39 is 26.5 Å². The number of esters is 2. The van der Waals surface area contributed by atoms with E-state index in [0.717, 1.165) is 58.5 Å². The van der Waals surface area contributed by atoms with E-state index in [2.05, 4.69) is 67.0 Å². The van der Waals surface area contributed by atoms with Crippen LogP contribution in [0.3, 0.4) is 0 Å². The van der Waals surface area contributed by atoms with Crippen molar-refractivity contribution in [2.75, 3.05) is 20.3 Å². The summed E-state index contributed by atoms with van der Waals surface area (Å²) >= 11 is 0. The summed E-state index contributed by atoms with van der Waals surface area (Å²) in [4.78, 5) is 34.6. The quantitative estimate of drug-likeness (QED) is 0.0280. The smallest absolute Gasteiger partial charge is 0.462 e. The molecule has 0 heterocycles. The van der Waals surface area contributed by atoms with Gasteiger partial charge in [0.1, 0.15) is 6.61 Å². The third-order valence-corrected chi connectivity index (χ3v) is 11.0. The molecule has 2 unspecified atom stereocenters. The van der Waals surface area contributed by atoms with Crippen LogP contribution in [-0.2, 0) is 32.7 Å². The minimum absolute atomic E-state index is 0.229. The van der Waals surface area contributed by atoms with Crippen molar-refractivity contribution in [2.24, 2.45) is 0 Å². The van der Waals surface area contributed by atoms with Gasteiger partial charge in [-0.25, -0.2) is 4.57 Å². The van der Waals surface area contributed by atoms with Crippen molar-refractivity contribution < 1.29 is 37.6 Å². The standard InChI is InChI=1S/C48H87O8P/c1-4-6-8-10-12-14-16-18-20-22-24-26-28-30-32-34-36-38-40-42-47(49)54-44-46(45-55-57(51,52)53-3)56-48(50)43-41-39-37-35-33-31-29-27-25-23-21-19-17-15-13-11-9-7-5-2/h12-15,18-21,46H,4-11,16-17,22-45H2,1-3H3,(H,51,52)/b14-12-,15-13-,20-18-,21-19-. The lowest BCUT2D eigenvalue weighted by Gasteiger charge is -2.19. The molecule has 2 atom stereocenters. The summed E-state index contributed by atoms with van der Waals surface area (Å²) < 4.78 is 32.1. The highest BCUT2D eigenvalue weighted by atomic mass is 31.2. The van der Waals surface area contributed by atoms with Gasteiger partial charge in [0.25, 0.3) is 0 Å². The minimum Gasteiger partial charge on any atom is -0.462 e. The lowest BCUT2D eigenvalue weighted by Crippen LogP contribution is -2.29. The van der Waals surface area contributed by atoms with Gasteiger partial charge in [-0.05, 0) is 77.0 Å². The number of phosphoric acid groups is 1. The molecule has 1 N–H and O–H groups in total. The van der Waals surface area contributed by atoms with Gasteiger partial charge in [0.15, 0.2) is 6.10 Å². The van der Waals surface area contributed by atoms with Crippen LogP contribution in [0.5, 0.6) is 0 Å². The molecule has 0 aromatic heterocycles. The maximum absolute atomic E-state index is 12.5. The predicted molar refractivity (Wildman–Crippen MR) is 239 cm³/mol. The van der Waals surface area contributed by atoms with E-state index in [0.29, 0.717) is 6.42 Å². The van der Waals surface area contributed by atoms with Crippen LogP contribution in [0.1, 0.15) is 219 Å². The highest BCUT2D eigenvalue weighted by Crippen LogP contribution is 2.42. The summed E-state index contributed by atoms with van der Waals surface area (Å²) in [6, 6.07) is 0. The summed E-state index contributed by atoms with van der Waals surface area (Å²) in [5.41, 5.74) is 0. The molecule has 0 fully saturated rings. The summed E-state index contributed by atoms with van der Waals surface area (Å²) in [5.74, 6) is -0.810. The first kappa shape index (κ1) is 55.0. The van der Waals surface area contributed by atoms with Gasteiger partial charge in [-0.3, -0.25) is 18.6 Å². The van der Waals surface area contributed by atoms with Crippen molar-refractivity contribution in [3.05, 3.63) is 48.6 Å². The minimum atomic E-state index is -4.27. The summed E-state index contributed by atoms with van der Waals surface area (Å²) in [6.07, 6.45) is 53.0. The fraction of sp³-hybridized carbons (Fsp3) is 0.792. The van der Waals surface area contributed by atoms with Gasteiger partial charge < -0.3 is 14.4 Å². The van der Waals surface area contributed by atoms with Gasteiger partial charge in [0.05, 0.1) is 6.61 Å². The molecule has 0 saturated heterocycles. The van der Waals surface area contributed by atoms with Gasteiger partial charge >= 0.3 is 19.8 Å². The van der Waals surface area contributed by atoms with Crippen molar-refractivity contribution in [3.8, 4) is 0 Å². The average Bonchev–Trinajstić information content (AvgIpc) is 3.20. The molecule has 8 nitrogen and oxygen atoms in total. The van der Waals surface area contributed by atoms with Gasteiger partial charge in [-0.2, -0.15) is 0 Å². The Morgan fingerprint density at radius 2 is 0.842 bits per heavy atom. The highest BCUT2D eigenvalue weighted by Gasteiger charge is 2.24. The normalized spacial score (nSPS) is 13.7. The molecule has 0 aliphatic carbocycles. The zero-order chi connectivity index (χ0) is 41.8. The van der Waals surface area contributed by atoms with Crippen molar-refractivity contribution in [1.29, 1.82) is 0 Å². The van der Waals surface area contributed by atoms with E-state index in [9.17, 15) is 19.0 Å². The fourth-order valence-corrected chi connectivity index (χ4v) is 6.88. The van der Waals surface area contributed by atoms with Crippen LogP contribution in [0.2, 0.25) is 0 Å². The van der Waals surface area contributed by atoms with Crippen LogP contribution in [0.25, 0.3) is 0 Å². The molecule has 9 heteroatoms. The molecule has 0 aromatic carbocycles. The van der Waals surface area contributed by atoms with Crippen LogP contribution in [-0.4, -0.2) is 43.3 Å². The Labute approximate surface area is 350 Å². The first-order valence-electron chi connectivity index (χ1n) is 23.3. The second-order valence-corrected chi connectivity index (χ2v) is 17.1. The van der Waals surface area contributed by atoms with Gasteiger partial charge in [-0.15, -0.1) is 0 Å². The lowest BCUT2D eigenvalue weighted by atomic mass is 10.1. The van der Waals surface area contributed by atoms with Crippen LogP contribution in [0.4, 0.5) is 0 Å². The van der Waals surface area contributed by atoms with Gasteiger partial charge in [0.2, 0.25) is 0 Å². The molecule has 0 aromatic rings. The monoisotopic (exact) mass is 823 g/mol. The Hall–Kier alpha value is -1.99. The number of phosphoric ester groups is 1. The molecule has 0 aliphatic rings. The van der Waals surface area contributed by atoms with Crippen molar-refractivity contribution in [3.63, 3.8) is 0 Å². The maximum atomic E-state index is 12.5. The number of rotatable bonds is 43. The lowest BCUT2D eigenvalue weighted by molar-refractivity contribution is -0.161. The van der Waals surface area contributed by atoms with Gasteiger partial charge in [0, 0.05) is 20.0 Å². The number of carbonyl (C=O) groups excluding carboxylic acids is 2. The zero-order valence-corrected chi connectivity index (χ0v) is 37.9. The van der Waals surface area contributed by atoms with Crippen LogP contribution in [0, 0.1) is 0 Å². The van der Waals surface area contributed by atoms with E-state index in [1.165, 1.54) is 135 Å². The number of ether oxygens (including phenoxy) is 2. The molecule has 0 amide bonds. The molecule has 0 saturated carbocycles. The van der Waals surface area contributed by atoms with E-state index in [-0.39, 0.29) is 25.4 Å². The topological polar surface area (TPSA) is 108 Å². The average molecular weight is 823 g/mol. The number of allylic oxidation sites excluding steroid dienone is 8.